The number of anilines is 1. The Morgan fingerprint density at radius 3 is 2.50 bits per heavy atom. The largest absolute Gasteiger partial charge is 0.360 e. The van der Waals surface area contributed by atoms with E-state index in [1.165, 1.54) is 16.7 Å². The molecule has 7 heteroatoms. The number of hydrazine groups is 1. The number of nitrogens with one attached hydrogen (secondary N) is 3. The molecule has 2 amide bonds. The molecular formula is C21H24N5O2+. The van der Waals surface area contributed by atoms with Crippen LogP contribution in [0.15, 0.2) is 54.6 Å². The number of rotatable bonds is 5. The molecule has 0 aromatic heterocycles. The van der Waals surface area contributed by atoms with Crippen molar-refractivity contribution >= 4 is 17.5 Å². The molecule has 1 aliphatic heterocycles. The summed E-state index contributed by atoms with van der Waals surface area (Å²) in [5.74, 6) is -0.656. The van der Waals surface area contributed by atoms with Gasteiger partial charge in [0.15, 0.2) is 0 Å². The zero-order valence-electron chi connectivity index (χ0n) is 15.6. The van der Waals surface area contributed by atoms with Gasteiger partial charge in [-0.2, -0.15) is 5.26 Å². The van der Waals surface area contributed by atoms with E-state index < -0.39 is 5.91 Å². The number of carbonyl (C=O) groups excluding carboxylic acids is 2. The summed E-state index contributed by atoms with van der Waals surface area (Å²) in [6, 6.07) is 18.7. The van der Waals surface area contributed by atoms with Gasteiger partial charge in [0.2, 0.25) is 5.91 Å². The average molecular weight is 378 g/mol. The van der Waals surface area contributed by atoms with E-state index in [1.54, 1.807) is 18.2 Å². The maximum atomic E-state index is 12.0. The summed E-state index contributed by atoms with van der Waals surface area (Å²) in [6.07, 6.45) is 0.346. The van der Waals surface area contributed by atoms with Crippen molar-refractivity contribution in [3.05, 3.63) is 65.7 Å². The van der Waals surface area contributed by atoms with Crippen LogP contribution in [0.2, 0.25) is 0 Å². The van der Waals surface area contributed by atoms with Crippen LogP contribution in [0.3, 0.4) is 0 Å². The van der Waals surface area contributed by atoms with Crippen molar-refractivity contribution in [2.75, 3.05) is 37.6 Å². The van der Waals surface area contributed by atoms with Crippen LogP contribution in [0.25, 0.3) is 0 Å². The molecule has 7 nitrogen and oxygen atoms in total. The van der Waals surface area contributed by atoms with Crippen molar-refractivity contribution in [2.24, 2.45) is 0 Å². The van der Waals surface area contributed by atoms with E-state index in [0.29, 0.717) is 17.5 Å². The Morgan fingerprint density at radius 2 is 1.79 bits per heavy atom. The lowest BCUT2D eigenvalue weighted by Gasteiger charge is -2.33. The molecule has 1 saturated heterocycles. The highest BCUT2D eigenvalue weighted by Crippen LogP contribution is 2.12. The fourth-order valence-corrected chi connectivity index (χ4v) is 3.25. The first-order valence-corrected chi connectivity index (χ1v) is 9.38. The minimum Gasteiger partial charge on any atom is -0.360 e. The zero-order chi connectivity index (χ0) is 19.8. The number of quaternary nitrogens is 1. The van der Waals surface area contributed by atoms with Gasteiger partial charge in [0, 0.05) is 11.3 Å². The second-order valence-electron chi connectivity index (χ2n) is 6.77. The van der Waals surface area contributed by atoms with Crippen molar-refractivity contribution in [2.45, 2.75) is 6.42 Å². The molecule has 28 heavy (non-hydrogen) atoms. The third-order valence-electron chi connectivity index (χ3n) is 4.87. The number of hydrogen-bond donors (Lipinski definition) is 3. The van der Waals surface area contributed by atoms with Gasteiger partial charge in [0.1, 0.15) is 0 Å². The predicted octanol–water partition coefficient (Wildman–Crippen LogP) is 0.114. The van der Waals surface area contributed by atoms with Gasteiger partial charge in [-0.1, -0.05) is 24.3 Å². The molecule has 0 unspecified atom stereocenters. The smallest absolute Gasteiger partial charge is 0.269 e. The Hall–Kier alpha value is -3.37. The van der Waals surface area contributed by atoms with Crippen molar-refractivity contribution in [1.29, 1.82) is 5.26 Å². The van der Waals surface area contributed by atoms with Crippen LogP contribution in [0.1, 0.15) is 22.3 Å². The van der Waals surface area contributed by atoms with Crippen LogP contribution in [0.5, 0.6) is 0 Å². The first-order chi connectivity index (χ1) is 13.7. The van der Waals surface area contributed by atoms with E-state index in [9.17, 15) is 9.59 Å². The summed E-state index contributed by atoms with van der Waals surface area (Å²) in [4.78, 5) is 27.8. The van der Waals surface area contributed by atoms with Crippen LogP contribution in [0, 0.1) is 11.3 Å². The minimum atomic E-state index is -0.436. The second-order valence-corrected chi connectivity index (χ2v) is 6.77. The van der Waals surface area contributed by atoms with Crippen LogP contribution in [0.4, 0.5) is 5.69 Å². The van der Waals surface area contributed by atoms with Gasteiger partial charge >= 0.3 is 0 Å². The highest BCUT2D eigenvalue weighted by Gasteiger charge is 2.20. The van der Waals surface area contributed by atoms with Crippen LogP contribution in [-0.2, 0) is 4.79 Å². The van der Waals surface area contributed by atoms with E-state index >= 15 is 0 Å². The molecule has 0 aliphatic carbocycles. The maximum absolute atomic E-state index is 12.0. The Balaban J connectivity index is 1.37. The highest BCUT2D eigenvalue weighted by molar-refractivity contribution is 5.95. The van der Waals surface area contributed by atoms with E-state index in [0.717, 1.165) is 32.7 Å². The molecule has 2 aromatic rings. The van der Waals surface area contributed by atoms with Gasteiger partial charge in [-0.3, -0.25) is 20.4 Å². The van der Waals surface area contributed by atoms with Crippen LogP contribution in [-0.4, -0.2) is 44.5 Å². The number of nitriles is 1. The Labute approximate surface area is 164 Å². The summed E-state index contributed by atoms with van der Waals surface area (Å²) >= 11 is 0. The number of piperazine rings is 1. The van der Waals surface area contributed by atoms with Gasteiger partial charge in [0.05, 0.1) is 50.8 Å². The first-order valence-electron chi connectivity index (χ1n) is 9.38. The molecule has 2 aromatic carbocycles. The molecule has 0 radical (unpaired) electrons. The lowest BCUT2D eigenvalue weighted by Crippen LogP contribution is -3.15. The molecule has 3 rings (SSSR count). The quantitative estimate of drug-likeness (QED) is 0.645. The SMILES string of the molecule is N#Cc1cccc(C(=O)NNC(=O)CC[NH+]2CCN(c3ccccc3)CC2)c1. The van der Waals surface area contributed by atoms with Crippen LogP contribution < -0.4 is 20.7 Å². The standard InChI is InChI=1S/C21H23N5O2/c22-16-17-5-4-6-18(15-17)21(28)24-23-20(27)9-10-25-11-13-26(14-12-25)19-7-2-1-3-8-19/h1-8,15H,9-14H2,(H,23,27)(H,24,28)/p+1. The third kappa shape index (κ3) is 5.32. The number of nitrogens with zero attached hydrogens (tertiary/aromatic N) is 2. The number of carbonyl (C=O) groups is 2. The molecule has 1 heterocycles. The van der Waals surface area contributed by atoms with Gasteiger partial charge in [-0.25, -0.2) is 0 Å². The number of hydrogen-bond acceptors (Lipinski definition) is 4. The van der Waals surface area contributed by atoms with E-state index in [4.69, 9.17) is 5.26 Å². The molecule has 1 fully saturated rings. The molecule has 1 aliphatic rings. The van der Waals surface area contributed by atoms with Gasteiger partial charge < -0.3 is 9.80 Å². The second kappa shape index (κ2) is 9.53. The fourth-order valence-electron chi connectivity index (χ4n) is 3.25. The monoisotopic (exact) mass is 378 g/mol. The van der Waals surface area contributed by atoms with E-state index in [-0.39, 0.29) is 5.91 Å². The van der Waals surface area contributed by atoms with Crippen LogP contribution >= 0.6 is 0 Å². The lowest BCUT2D eigenvalue weighted by molar-refractivity contribution is -0.900. The Morgan fingerprint density at radius 1 is 1.04 bits per heavy atom. The average Bonchev–Trinajstić information content (AvgIpc) is 2.77. The molecule has 0 saturated carbocycles. The fraction of sp³-hybridized carbons (Fsp3) is 0.286. The minimum absolute atomic E-state index is 0.220. The molecular weight excluding hydrogens is 354 g/mol. The summed E-state index contributed by atoms with van der Waals surface area (Å²) in [7, 11) is 0. The summed E-state index contributed by atoms with van der Waals surface area (Å²) in [5.41, 5.74) is 6.82. The van der Waals surface area contributed by atoms with Gasteiger partial charge in [-0.15, -0.1) is 0 Å². The van der Waals surface area contributed by atoms with Crippen molar-refractivity contribution in [1.82, 2.24) is 10.9 Å². The summed E-state index contributed by atoms with van der Waals surface area (Å²) in [6.45, 7) is 4.62. The highest BCUT2D eigenvalue weighted by atomic mass is 16.2. The number of amides is 2. The van der Waals surface area contributed by atoms with E-state index in [1.807, 2.05) is 24.3 Å². The molecule has 144 valence electrons. The Bertz CT molecular complexity index is 855. The van der Waals surface area contributed by atoms with Crippen molar-refractivity contribution in [3.8, 4) is 6.07 Å². The lowest BCUT2D eigenvalue weighted by atomic mass is 10.1. The molecule has 0 bridgehead atoms. The maximum Gasteiger partial charge on any atom is 0.269 e. The number of benzene rings is 2. The van der Waals surface area contributed by atoms with Gasteiger partial charge in [0.25, 0.3) is 5.91 Å². The zero-order valence-corrected chi connectivity index (χ0v) is 15.6. The first kappa shape index (κ1) is 19.4. The van der Waals surface area contributed by atoms with Crippen molar-refractivity contribution < 1.29 is 14.5 Å². The number of para-hydroxylation sites is 1. The van der Waals surface area contributed by atoms with Crippen molar-refractivity contribution in [3.63, 3.8) is 0 Å². The van der Waals surface area contributed by atoms with Gasteiger partial charge in [-0.05, 0) is 30.3 Å². The topological polar surface area (TPSA) is 89.7 Å². The predicted molar refractivity (Wildman–Crippen MR) is 106 cm³/mol. The molecule has 0 atom stereocenters. The summed E-state index contributed by atoms with van der Waals surface area (Å²) < 4.78 is 0. The normalized spacial score (nSPS) is 14.2. The molecule has 0 spiro atoms. The molecule has 3 N–H and O–H groups in total. The van der Waals surface area contributed by atoms with E-state index in [2.05, 4.69) is 27.9 Å². The third-order valence-corrected chi connectivity index (χ3v) is 4.87. The summed E-state index contributed by atoms with van der Waals surface area (Å²) in [5, 5.41) is 8.88. The Kier molecular flexibility index (Phi) is 6.60.